The topological polar surface area (TPSA) is 89.9 Å². The minimum absolute atomic E-state index is 0.197. The largest absolute Gasteiger partial charge is 0.460 e. The first kappa shape index (κ1) is 21.0. The van der Waals surface area contributed by atoms with Crippen LogP contribution in [0.5, 0.6) is 0 Å². The summed E-state index contributed by atoms with van der Waals surface area (Å²) in [5.41, 5.74) is 0.364. The van der Waals surface area contributed by atoms with Gasteiger partial charge in [-0.1, -0.05) is 6.58 Å². The maximum absolute atomic E-state index is 11.1. The van der Waals surface area contributed by atoms with E-state index >= 15 is 0 Å². The van der Waals surface area contributed by atoms with Crippen molar-refractivity contribution in [3.05, 3.63) is 12.2 Å². The fourth-order valence-corrected chi connectivity index (χ4v) is 2.24. The van der Waals surface area contributed by atoms with Crippen LogP contribution >= 0.6 is 0 Å². The summed E-state index contributed by atoms with van der Waals surface area (Å²) >= 11 is 0. The Kier molecular flexibility index (Phi) is 9.50. The number of nitrogens with zero attached hydrogens (tertiary/aromatic N) is 1. The predicted octanol–water partition coefficient (Wildman–Crippen LogP) is 0.867. The molecule has 0 bridgehead atoms. The third-order valence-corrected chi connectivity index (χ3v) is 3.87. The molecule has 0 saturated carbocycles. The molecule has 0 aliphatic heterocycles. The highest BCUT2D eigenvalue weighted by molar-refractivity contribution is 7.85. The van der Waals surface area contributed by atoms with Crippen LogP contribution in [0.2, 0.25) is 0 Å². The van der Waals surface area contributed by atoms with Crippen molar-refractivity contribution in [1.82, 2.24) is 0 Å². The minimum Gasteiger partial charge on any atom is -0.460 e. The Morgan fingerprint density at radius 3 is 2.32 bits per heavy atom. The standard InChI is InChI=1S/C14H27NO6S/c1-13(2)14(16)21-11-10-20-9-8-15(3,4)7-5-6-12-22(17,18)19/h1,5-12H2,2-4H3/p+1. The van der Waals surface area contributed by atoms with E-state index < -0.39 is 16.1 Å². The van der Waals surface area contributed by atoms with Crippen molar-refractivity contribution in [2.45, 2.75) is 19.8 Å². The summed E-state index contributed by atoms with van der Waals surface area (Å²) in [5, 5.41) is 0. The van der Waals surface area contributed by atoms with Crippen LogP contribution in [0.25, 0.3) is 0 Å². The van der Waals surface area contributed by atoms with Crippen molar-refractivity contribution in [2.24, 2.45) is 0 Å². The molecule has 0 radical (unpaired) electrons. The molecule has 0 rings (SSSR count). The van der Waals surface area contributed by atoms with E-state index in [4.69, 9.17) is 14.0 Å². The second-order valence-electron chi connectivity index (χ2n) is 5.90. The van der Waals surface area contributed by atoms with Gasteiger partial charge in [0, 0.05) is 5.57 Å². The summed E-state index contributed by atoms with van der Waals surface area (Å²) in [6.45, 7) is 7.69. The van der Waals surface area contributed by atoms with E-state index in [9.17, 15) is 13.2 Å². The van der Waals surface area contributed by atoms with Crippen LogP contribution in [0.4, 0.5) is 0 Å². The SMILES string of the molecule is C=C(C)C(=O)OCCOCC[N+](C)(C)CCCCS(=O)(=O)O. The summed E-state index contributed by atoms with van der Waals surface area (Å²) in [7, 11) is 0.190. The molecule has 0 heterocycles. The van der Waals surface area contributed by atoms with E-state index in [-0.39, 0.29) is 12.4 Å². The van der Waals surface area contributed by atoms with Gasteiger partial charge in [-0.15, -0.1) is 0 Å². The van der Waals surface area contributed by atoms with Crippen molar-refractivity contribution in [3.63, 3.8) is 0 Å². The van der Waals surface area contributed by atoms with Crippen LogP contribution in [0.3, 0.4) is 0 Å². The third-order valence-electron chi connectivity index (χ3n) is 3.07. The quantitative estimate of drug-likeness (QED) is 0.187. The Labute approximate surface area is 133 Å². The van der Waals surface area contributed by atoms with E-state index in [1.807, 2.05) is 14.1 Å². The lowest BCUT2D eigenvalue weighted by molar-refractivity contribution is -0.890. The molecule has 7 nitrogen and oxygen atoms in total. The van der Waals surface area contributed by atoms with Gasteiger partial charge in [-0.3, -0.25) is 4.55 Å². The second kappa shape index (κ2) is 9.94. The number of quaternary nitrogens is 1. The molecule has 0 unspecified atom stereocenters. The van der Waals surface area contributed by atoms with Crippen LogP contribution in [-0.4, -0.2) is 76.2 Å². The Bertz CT molecular complexity index is 458. The van der Waals surface area contributed by atoms with Gasteiger partial charge < -0.3 is 14.0 Å². The first-order valence-electron chi connectivity index (χ1n) is 7.21. The first-order valence-corrected chi connectivity index (χ1v) is 8.82. The molecular formula is C14H28NO6S+. The maximum atomic E-state index is 11.1. The summed E-state index contributed by atoms with van der Waals surface area (Å²) in [6, 6.07) is 0. The minimum atomic E-state index is -3.86. The number of hydrogen-bond acceptors (Lipinski definition) is 5. The van der Waals surface area contributed by atoms with Crippen molar-refractivity contribution in [2.75, 3.05) is 52.8 Å². The molecule has 22 heavy (non-hydrogen) atoms. The predicted molar refractivity (Wildman–Crippen MR) is 84.1 cm³/mol. The van der Waals surface area contributed by atoms with Gasteiger partial charge in [0.25, 0.3) is 10.1 Å². The number of likely N-dealkylation sites (N-methyl/N-ethyl adjacent to an activating group) is 1. The zero-order chi connectivity index (χ0) is 17.2. The van der Waals surface area contributed by atoms with Crippen LogP contribution in [0, 0.1) is 0 Å². The Balaban J connectivity index is 3.67. The Morgan fingerprint density at radius 1 is 1.14 bits per heavy atom. The highest BCUT2D eigenvalue weighted by atomic mass is 32.2. The van der Waals surface area contributed by atoms with Gasteiger partial charge in [0.1, 0.15) is 13.2 Å². The molecule has 0 atom stereocenters. The van der Waals surface area contributed by atoms with E-state index in [0.29, 0.717) is 36.1 Å². The Hall–Kier alpha value is -0.960. The van der Waals surface area contributed by atoms with Gasteiger partial charge in [0.15, 0.2) is 0 Å². The molecule has 0 saturated heterocycles. The van der Waals surface area contributed by atoms with E-state index in [1.54, 1.807) is 6.92 Å². The zero-order valence-corrected chi connectivity index (χ0v) is 14.5. The number of rotatable bonds is 12. The summed E-state index contributed by atoms with van der Waals surface area (Å²) in [6.07, 6.45) is 1.15. The highest BCUT2D eigenvalue weighted by Gasteiger charge is 2.15. The number of esters is 1. The van der Waals surface area contributed by atoms with Gasteiger partial charge in [0.05, 0.1) is 39.6 Å². The molecule has 0 amide bonds. The molecule has 130 valence electrons. The van der Waals surface area contributed by atoms with Crippen molar-refractivity contribution in [1.29, 1.82) is 0 Å². The van der Waals surface area contributed by atoms with Crippen LogP contribution in [0.1, 0.15) is 19.8 Å². The molecule has 1 N–H and O–H groups in total. The average Bonchev–Trinajstić information content (AvgIpc) is 2.37. The van der Waals surface area contributed by atoms with Crippen LogP contribution < -0.4 is 0 Å². The lowest BCUT2D eigenvalue weighted by Crippen LogP contribution is -2.43. The first-order chi connectivity index (χ1) is 10.0. The summed E-state index contributed by atoms with van der Waals surface area (Å²) in [4.78, 5) is 11.1. The summed E-state index contributed by atoms with van der Waals surface area (Å²) in [5.74, 6) is -0.615. The lowest BCUT2D eigenvalue weighted by atomic mass is 10.3. The number of ether oxygens (including phenoxy) is 2. The number of hydrogen-bond donors (Lipinski definition) is 1. The van der Waals surface area contributed by atoms with E-state index in [0.717, 1.165) is 13.1 Å². The number of unbranched alkanes of at least 4 members (excludes halogenated alkanes) is 1. The van der Waals surface area contributed by atoms with Crippen molar-refractivity contribution < 1.29 is 31.7 Å². The molecule has 0 aromatic carbocycles. The molecular weight excluding hydrogens is 310 g/mol. The van der Waals surface area contributed by atoms with Gasteiger partial charge in [0.2, 0.25) is 0 Å². The van der Waals surface area contributed by atoms with Gasteiger partial charge >= 0.3 is 5.97 Å². The van der Waals surface area contributed by atoms with Crippen molar-refractivity contribution in [3.8, 4) is 0 Å². The van der Waals surface area contributed by atoms with Crippen LogP contribution in [0.15, 0.2) is 12.2 Å². The average molecular weight is 338 g/mol. The molecule has 0 aliphatic rings. The Morgan fingerprint density at radius 2 is 1.77 bits per heavy atom. The lowest BCUT2D eigenvalue weighted by Gasteiger charge is -2.29. The highest BCUT2D eigenvalue weighted by Crippen LogP contribution is 2.03. The molecule has 8 heteroatoms. The molecule has 0 spiro atoms. The fourth-order valence-electron chi connectivity index (χ4n) is 1.67. The zero-order valence-electron chi connectivity index (χ0n) is 13.7. The number of carbonyl (C=O) groups excluding carboxylic acids is 1. The fraction of sp³-hybridized carbons (Fsp3) is 0.786. The molecule has 0 aromatic heterocycles. The molecule has 0 aliphatic carbocycles. The van der Waals surface area contributed by atoms with E-state index in [2.05, 4.69) is 6.58 Å². The smallest absolute Gasteiger partial charge is 0.333 e. The summed E-state index contributed by atoms with van der Waals surface area (Å²) < 4.78 is 40.9. The maximum Gasteiger partial charge on any atom is 0.333 e. The monoisotopic (exact) mass is 338 g/mol. The third kappa shape index (κ3) is 12.8. The molecule has 0 aromatic rings. The van der Waals surface area contributed by atoms with Gasteiger partial charge in [-0.2, -0.15) is 8.42 Å². The normalized spacial score (nSPS) is 12.2. The van der Waals surface area contributed by atoms with Gasteiger partial charge in [-0.05, 0) is 19.8 Å². The van der Waals surface area contributed by atoms with Crippen molar-refractivity contribution >= 4 is 16.1 Å². The number of carbonyl (C=O) groups is 1. The van der Waals surface area contributed by atoms with Crippen LogP contribution in [-0.2, 0) is 24.4 Å². The molecule has 0 fully saturated rings. The van der Waals surface area contributed by atoms with Gasteiger partial charge in [-0.25, -0.2) is 4.79 Å². The van der Waals surface area contributed by atoms with E-state index in [1.165, 1.54) is 0 Å². The second-order valence-corrected chi connectivity index (χ2v) is 7.48.